The first-order chi connectivity index (χ1) is 5.25. The van der Waals surface area contributed by atoms with Crippen LogP contribution in [-0.4, -0.2) is 4.57 Å². The Morgan fingerprint density at radius 1 is 1.64 bits per heavy atom. The third-order valence-electron chi connectivity index (χ3n) is 1.51. The second-order valence-corrected chi connectivity index (χ2v) is 2.29. The highest BCUT2D eigenvalue weighted by Crippen LogP contribution is 1.97. The summed E-state index contributed by atoms with van der Waals surface area (Å²) in [6.45, 7) is 1.81. The van der Waals surface area contributed by atoms with Crippen LogP contribution in [0.25, 0.3) is 0 Å². The largest absolute Gasteiger partial charge is 0.301 e. The second kappa shape index (κ2) is 3.07. The molecule has 2 nitrogen and oxygen atoms in total. The fourth-order valence-electron chi connectivity index (χ4n) is 0.840. The molecule has 0 spiro atoms. The van der Waals surface area contributed by atoms with Gasteiger partial charge in [-0.25, -0.2) is 0 Å². The van der Waals surface area contributed by atoms with Gasteiger partial charge in [0.2, 0.25) is 0 Å². The highest BCUT2D eigenvalue weighted by Gasteiger charge is 1.98. The third kappa shape index (κ3) is 1.50. The van der Waals surface area contributed by atoms with Crippen LogP contribution in [0.15, 0.2) is 29.2 Å². The minimum Gasteiger partial charge on any atom is -0.301 e. The van der Waals surface area contributed by atoms with Crippen LogP contribution in [0.5, 0.6) is 0 Å². The number of pyridine rings is 1. The molecule has 0 saturated carbocycles. The summed E-state index contributed by atoms with van der Waals surface area (Å²) >= 11 is 0. The van der Waals surface area contributed by atoms with Gasteiger partial charge in [-0.3, -0.25) is 4.79 Å². The quantitative estimate of drug-likeness (QED) is 0.544. The van der Waals surface area contributed by atoms with Gasteiger partial charge in [0.25, 0.3) is 5.56 Å². The van der Waals surface area contributed by atoms with Crippen molar-refractivity contribution in [3.8, 4) is 12.3 Å². The van der Waals surface area contributed by atoms with E-state index in [9.17, 15) is 4.79 Å². The van der Waals surface area contributed by atoms with Gasteiger partial charge in [0, 0.05) is 12.3 Å². The lowest BCUT2D eigenvalue weighted by Gasteiger charge is -2.06. The molecule has 0 aliphatic rings. The molecule has 0 bridgehead atoms. The first-order valence-electron chi connectivity index (χ1n) is 3.39. The van der Waals surface area contributed by atoms with Crippen LogP contribution >= 0.6 is 0 Å². The van der Waals surface area contributed by atoms with Crippen LogP contribution < -0.4 is 5.56 Å². The zero-order chi connectivity index (χ0) is 8.27. The summed E-state index contributed by atoms with van der Waals surface area (Å²) in [4.78, 5) is 11.1. The minimum absolute atomic E-state index is 0.0575. The highest BCUT2D eigenvalue weighted by atomic mass is 16.1. The van der Waals surface area contributed by atoms with Crippen molar-refractivity contribution in [1.82, 2.24) is 4.57 Å². The molecule has 0 fully saturated rings. The molecular formula is C9H9NO. The summed E-state index contributed by atoms with van der Waals surface area (Å²) in [6, 6.07) is 4.81. The number of terminal acetylenes is 1. The molecule has 1 aromatic heterocycles. The Balaban J connectivity index is 3.16. The van der Waals surface area contributed by atoms with E-state index >= 15 is 0 Å². The lowest BCUT2D eigenvalue weighted by atomic mass is 10.3. The molecule has 0 saturated heterocycles. The van der Waals surface area contributed by atoms with Crippen LogP contribution in [0.2, 0.25) is 0 Å². The van der Waals surface area contributed by atoms with Gasteiger partial charge in [-0.05, 0) is 13.0 Å². The molecule has 56 valence electrons. The van der Waals surface area contributed by atoms with E-state index in [-0.39, 0.29) is 11.6 Å². The number of nitrogens with zero attached hydrogens (tertiary/aromatic N) is 1. The second-order valence-electron chi connectivity index (χ2n) is 2.29. The molecule has 1 aromatic rings. The number of hydrogen-bond donors (Lipinski definition) is 0. The molecule has 0 aromatic carbocycles. The van der Waals surface area contributed by atoms with Crippen LogP contribution in [0, 0.1) is 12.3 Å². The van der Waals surface area contributed by atoms with Crippen LogP contribution in [-0.2, 0) is 0 Å². The van der Waals surface area contributed by atoms with Crippen LogP contribution in [0.1, 0.15) is 13.0 Å². The Morgan fingerprint density at radius 2 is 2.36 bits per heavy atom. The average molecular weight is 147 g/mol. The van der Waals surface area contributed by atoms with E-state index in [1.54, 1.807) is 25.3 Å². The first kappa shape index (κ1) is 7.62. The lowest BCUT2D eigenvalue weighted by molar-refractivity contribution is 0.653. The van der Waals surface area contributed by atoms with Gasteiger partial charge in [-0.15, -0.1) is 6.42 Å². The number of hydrogen-bond acceptors (Lipinski definition) is 1. The maximum Gasteiger partial charge on any atom is 0.251 e. The number of aromatic nitrogens is 1. The smallest absolute Gasteiger partial charge is 0.251 e. The molecule has 1 unspecified atom stereocenters. The van der Waals surface area contributed by atoms with Crippen molar-refractivity contribution in [3.63, 3.8) is 0 Å². The third-order valence-corrected chi connectivity index (χ3v) is 1.51. The number of rotatable bonds is 1. The predicted octanol–water partition coefficient (Wildman–Crippen LogP) is 1.04. The van der Waals surface area contributed by atoms with E-state index < -0.39 is 0 Å². The predicted molar refractivity (Wildman–Crippen MR) is 44.2 cm³/mol. The maximum absolute atomic E-state index is 11.1. The van der Waals surface area contributed by atoms with E-state index in [0.29, 0.717) is 0 Å². The average Bonchev–Trinajstić information content (AvgIpc) is 2.04. The molecule has 1 rings (SSSR count). The molecule has 0 aliphatic heterocycles. The van der Waals surface area contributed by atoms with E-state index in [1.807, 2.05) is 0 Å². The zero-order valence-corrected chi connectivity index (χ0v) is 6.32. The molecule has 11 heavy (non-hydrogen) atoms. The van der Waals surface area contributed by atoms with Crippen molar-refractivity contribution in [2.24, 2.45) is 0 Å². The molecule has 0 amide bonds. The molecule has 2 heteroatoms. The van der Waals surface area contributed by atoms with Gasteiger partial charge in [0.1, 0.15) is 0 Å². The zero-order valence-electron chi connectivity index (χ0n) is 6.32. The van der Waals surface area contributed by atoms with Crippen LogP contribution in [0.3, 0.4) is 0 Å². The minimum atomic E-state index is -0.163. The van der Waals surface area contributed by atoms with Gasteiger partial charge < -0.3 is 4.57 Å². The van der Waals surface area contributed by atoms with E-state index in [1.165, 1.54) is 10.6 Å². The molecule has 0 aliphatic carbocycles. The summed E-state index contributed by atoms with van der Waals surface area (Å²) in [5, 5.41) is 0. The van der Waals surface area contributed by atoms with Gasteiger partial charge in [-0.2, -0.15) is 0 Å². The molecule has 0 radical (unpaired) electrons. The molecule has 1 heterocycles. The monoisotopic (exact) mass is 147 g/mol. The maximum atomic E-state index is 11.1. The highest BCUT2D eigenvalue weighted by molar-refractivity contribution is 5.01. The molecular weight excluding hydrogens is 138 g/mol. The summed E-state index contributed by atoms with van der Waals surface area (Å²) in [5.41, 5.74) is -0.0575. The van der Waals surface area contributed by atoms with Crippen molar-refractivity contribution in [2.75, 3.05) is 0 Å². The van der Waals surface area contributed by atoms with E-state index in [4.69, 9.17) is 6.42 Å². The fraction of sp³-hybridized carbons (Fsp3) is 0.222. The Hall–Kier alpha value is -1.49. The van der Waals surface area contributed by atoms with Crippen LogP contribution in [0.4, 0.5) is 0 Å². The topological polar surface area (TPSA) is 22.0 Å². The molecule has 1 atom stereocenters. The van der Waals surface area contributed by atoms with Crippen molar-refractivity contribution in [1.29, 1.82) is 0 Å². The summed E-state index contributed by atoms with van der Waals surface area (Å²) in [5.74, 6) is 2.48. The molecule has 0 N–H and O–H groups in total. The Morgan fingerprint density at radius 3 is 2.91 bits per heavy atom. The summed E-state index contributed by atoms with van der Waals surface area (Å²) in [7, 11) is 0. The van der Waals surface area contributed by atoms with Gasteiger partial charge in [0.15, 0.2) is 0 Å². The SMILES string of the molecule is C#CC(C)n1ccccc1=O. The van der Waals surface area contributed by atoms with Gasteiger partial charge in [0.05, 0.1) is 6.04 Å². The summed E-state index contributed by atoms with van der Waals surface area (Å²) in [6.07, 6.45) is 6.85. The van der Waals surface area contributed by atoms with Crippen molar-refractivity contribution in [2.45, 2.75) is 13.0 Å². The summed E-state index contributed by atoms with van der Waals surface area (Å²) < 4.78 is 1.51. The Bertz CT molecular complexity index is 332. The first-order valence-corrected chi connectivity index (χ1v) is 3.39. The fourth-order valence-corrected chi connectivity index (χ4v) is 0.840. The standard InChI is InChI=1S/C9H9NO/c1-3-8(2)10-7-5-4-6-9(10)11/h1,4-8H,2H3. The van der Waals surface area contributed by atoms with E-state index in [2.05, 4.69) is 5.92 Å². The van der Waals surface area contributed by atoms with Gasteiger partial charge in [-0.1, -0.05) is 12.0 Å². The normalized spacial score (nSPS) is 12.0. The van der Waals surface area contributed by atoms with Crippen molar-refractivity contribution >= 4 is 0 Å². The van der Waals surface area contributed by atoms with E-state index in [0.717, 1.165) is 0 Å². The van der Waals surface area contributed by atoms with Gasteiger partial charge >= 0.3 is 0 Å². The van der Waals surface area contributed by atoms with Crippen molar-refractivity contribution in [3.05, 3.63) is 34.7 Å². The lowest BCUT2D eigenvalue weighted by Crippen LogP contribution is -2.20. The van der Waals surface area contributed by atoms with Crippen molar-refractivity contribution < 1.29 is 0 Å². The Labute approximate surface area is 65.5 Å². The Kier molecular flexibility index (Phi) is 2.12.